The van der Waals surface area contributed by atoms with Crippen LogP contribution >= 0.6 is 12.2 Å². The second kappa shape index (κ2) is 4.27. The van der Waals surface area contributed by atoms with Gasteiger partial charge in [-0.05, 0) is 43.5 Å². The molecule has 3 unspecified atom stereocenters. The van der Waals surface area contributed by atoms with Crippen LogP contribution < -0.4 is 11.1 Å². The maximum absolute atomic E-state index is 5.82. The highest BCUT2D eigenvalue weighted by atomic mass is 32.1. The molecule has 17 heavy (non-hydrogen) atoms. The van der Waals surface area contributed by atoms with Crippen LogP contribution in [0.2, 0.25) is 0 Å². The Morgan fingerprint density at radius 2 is 2.06 bits per heavy atom. The van der Waals surface area contributed by atoms with Gasteiger partial charge in [0.05, 0.1) is 18.2 Å². The first-order valence-electron chi connectivity index (χ1n) is 6.04. The summed E-state index contributed by atoms with van der Waals surface area (Å²) in [5.74, 6) is 0. The number of benzene rings is 1. The van der Waals surface area contributed by atoms with Crippen LogP contribution in [-0.2, 0) is 4.74 Å². The minimum atomic E-state index is 0.398. The molecule has 2 aliphatic heterocycles. The Balaban J connectivity index is 1.67. The average Bonchev–Trinajstić information content (AvgIpc) is 2.91. The van der Waals surface area contributed by atoms with Gasteiger partial charge in [-0.25, -0.2) is 0 Å². The largest absolute Gasteiger partial charge is 0.389 e. The van der Waals surface area contributed by atoms with Crippen LogP contribution in [0.3, 0.4) is 0 Å². The van der Waals surface area contributed by atoms with Gasteiger partial charge in [0.25, 0.3) is 0 Å². The number of nitrogens with one attached hydrogen (secondary N) is 1. The van der Waals surface area contributed by atoms with Gasteiger partial charge in [-0.2, -0.15) is 0 Å². The van der Waals surface area contributed by atoms with Crippen molar-refractivity contribution in [2.75, 3.05) is 5.32 Å². The lowest BCUT2D eigenvalue weighted by Crippen LogP contribution is -2.30. The van der Waals surface area contributed by atoms with Crippen LogP contribution in [0.15, 0.2) is 24.3 Å². The van der Waals surface area contributed by atoms with Crippen molar-refractivity contribution >= 4 is 22.9 Å². The van der Waals surface area contributed by atoms with Crippen molar-refractivity contribution in [1.29, 1.82) is 0 Å². The van der Waals surface area contributed by atoms with Gasteiger partial charge in [-0.3, -0.25) is 0 Å². The molecule has 3 N–H and O–H groups in total. The number of hydrogen-bond donors (Lipinski definition) is 2. The van der Waals surface area contributed by atoms with Crippen LogP contribution in [0.5, 0.6) is 0 Å². The molecule has 0 amide bonds. The highest BCUT2D eigenvalue weighted by molar-refractivity contribution is 7.80. The molecule has 1 aromatic rings. The first-order chi connectivity index (χ1) is 8.22. The highest BCUT2D eigenvalue weighted by Crippen LogP contribution is 2.35. The predicted octanol–water partition coefficient (Wildman–Crippen LogP) is 2.05. The third kappa shape index (κ3) is 2.15. The Hall–Kier alpha value is -1.13. The predicted molar refractivity (Wildman–Crippen MR) is 72.3 cm³/mol. The average molecular weight is 248 g/mol. The van der Waals surface area contributed by atoms with E-state index in [0.29, 0.717) is 23.2 Å². The number of anilines is 1. The van der Waals surface area contributed by atoms with Gasteiger partial charge >= 0.3 is 0 Å². The van der Waals surface area contributed by atoms with Gasteiger partial charge in [0, 0.05) is 11.3 Å². The molecule has 0 saturated carbocycles. The second-order valence-corrected chi connectivity index (χ2v) is 5.24. The maximum atomic E-state index is 5.82. The molecule has 3 rings (SSSR count). The first kappa shape index (κ1) is 11.0. The minimum absolute atomic E-state index is 0.398. The summed E-state index contributed by atoms with van der Waals surface area (Å²) in [5.41, 5.74) is 7.60. The molecule has 1 aromatic carbocycles. The zero-order valence-corrected chi connectivity index (χ0v) is 10.4. The van der Waals surface area contributed by atoms with E-state index in [-0.39, 0.29) is 0 Å². The second-order valence-electron chi connectivity index (χ2n) is 4.80. The molecule has 2 fully saturated rings. The summed E-state index contributed by atoms with van der Waals surface area (Å²) in [6.45, 7) is 0. The fourth-order valence-electron chi connectivity index (χ4n) is 2.73. The molecule has 3 nitrogen and oxygen atoms in total. The number of rotatable bonds is 3. The van der Waals surface area contributed by atoms with E-state index in [0.717, 1.165) is 17.7 Å². The van der Waals surface area contributed by atoms with Crippen molar-refractivity contribution < 1.29 is 4.74 Å². The van der Waals surface area contributed by atoms with E-state index in [1.807, 2.05) is 24.3 Å². The first-order valence-corrected chi connectivity index (χ1v) is 6.45. The van der Waals surface area contributed by atoms with Crippen molar-refractivity contribution in [2.45, 2.75) is 37.5 Å². The summed E-state index contributed by atoms with van der Waals surface area (Å²) >= 11 is 4.93. The molecule has 0 aromatic heterocycles. The Bertz CT molecular complexity index is 432. The van der Waals surface area contributed by atoms with Gasteiger partial charge in [-0.1, -0.05) is 12.2 Å². The third-order valence-corrected chi connectivity index (χ3v) is 3.86. The number of thiocarbonyl (C=S) groups is 1. The van der Waals surface area contributed by atoms with Gasteiger partial charge < -0.3 is 15.8 Å². The van der Waals surface area contributed by atoms with E-state index in [9.17, 15) is 0 Å². The molecule has 2 bridgehead atoms. The summed E-state index contributed by atoms with van der Waals surface area (Å²) in [7, 11) is 0. The van der Waals surface area contributed by atoms with Crippen molar-refractivity contribution in [3.63, 3.8) is 0 Å². The Kier molecular flexibility index (Phi) is 2.76. The molecule has 0 aliphatic carbocycles. The summed E-state index contributed by atoms with van der Waals surface area (Å²) in [4.78, 5) is 0.444. The summed E-state index contributed by atoms with van der Waals surface area (Å²) < 4.78 is 5.82. The lowest BCUT2D eigenvalue weighted by atomic mass is 9.95. The van der Waals surface area contributed by atoms with Crippen molar-refractivity contribution in [1.82, 2.24) is 0 Å². The van der Waals surface area contributed by atoms with Gasteiger partial charge in [-0.15, -0.1) is 0 Å². The zero-order valence-electron chi connectivity index (χ0n) is 9.56. The summed E-state index contributed by atoms with van der Waals surface area (Å²) in [6, 6.07) is 8.43. The normalized spacial score (nSPS) is 30.5. The van der Waals surface area contributed by atoms with E-state index in [1.165, 1.54) is 12.8 Å². The van der Waals surface area contributed by atoms with Crippen molar-refractivity contribution in [2.24, 2.45) is 5.73 Å². The highest BCUT2D eigenvalue weighted by Gasteiger charge is 2.40. The minimum Gasteiger partial charge on any atom is -0.389 e. The Morgan fingerprint density at radius 1 is 1.29 bits per heavy atom. The molecule has 0 radical (unpaired) electrons. The van der Waals surface area contributed by atoms with Crippen LogP contribution in [0.1, 0.15) is 24.8 Å². The lowest BCUT2D eigenvalue weighted by Gasteiger charge is -2.21. The van der Waals surface area contributed by atoms with Crippen LogP contribution in [0.4, 0.5) is 5.69 Å². The number of ether oxygens (including phenoxy) is 1. The SMILES string of the molecule is NC(=S)c1ccc(NC2CC3CCC2O3)cc1. The van der Waals surface area contributed by atoms with Crippen molar-refractivity contribution in [3.05, 3.63) is 29.8 Å². The fourth-order valence-corrected chi connectivity index (χ4v) is 2.87. The molecule has 4 heteroatoms. The molecular formula is C13H16N2OS. The molecule has 2 heterocycles. The van der Waals surface area contributed by atoms with Crippen LogP contribution in [-0.4, -0.2) is 23.2 Å². The molecule has 2 saturated heterocycles. The van der Waals surface area contributed by atoms with E-state index >= 15 is 0 Å². The van der Waals surface area contributed by atoms with Gasteiger partial charge in [0.2, 0.25) is 0 Å². The summed E-state index contributed by atoms with van der Waals surface area (Å²) in [5, 5.41) is 3.53. The number of hydrogen-bond acceptors (Lipinski definition) is 3. The van der Waals surface area contributed by atoms with E-state index in [1.54, 1.807) is 0 Å². The Morgan fingerprint density at radius 3 is 2.59 bits per heavy atom. The molecule has 0 spiro atoms. The monoisotopic (exact) mass is 248 g/mol. The molecule has 2 aliphatic rings. The Labute approximate surface area is 106 Å². The molecular weight excluding hydrogens is 232 g/mol. The zero-order chi connectivity index (χ0) is 11.8. The summed E-state index contributed by atoms with van der Waals surface area (Å²) in [6.07, 6.45) is 4.42. The third-order valence-electron chi connectivity index (χ3n) is 3.63. The number of fused-ring (bicyclic) bond motifs is 2. The smallest absolute Gasteiger partial charge is 0.103 e. The van der Waals surface area contributed by atoms with E-state index < -0.39 is 0 Å². The standard InChI is InChI=1S/C13H16N2OS/c14-13(17)8-1-3-9(4-2-8)15-11-7-10-5-6-12(11)16-10/h1-4,10-12,15H,5-7H2,(H2,14,17). The molecule has 3 atom stereocenters. The topological polar surface area (TPSA) is 47.3 Å². The van der Waals surface area contributed by atoms with E-state index in [4.69, 9.17) is 22.7 Å². The maximum Gasteiger partial charge on any atom is 0.103 e. The van der Waals surface area contributed by atoms with Crippen LogP contribution in [0, 0.1) is 0 Å². The lowest BCUT2D eigenvalue weighted by molar-refractivity contribution is 0.102. The van der Waals surface area contributed by atoms with Gasteiger partial charge in [0.15, 0.2) is 0 Å². The fraction of sp³-hybridized carbons (Fsp3) is 0.462. The number of nitrogens with two attached hydrogens (primary N) is 1. The van der Waals surface area contributed by atoms with Gasteiger partial charge in [0.1, 0.15) is 4.99 Å². The van der Waals surface area contributed by atoms with E-state index in [2.05, 4.69) is 5.32 Å². The molecule has 90 valence electrons. The van der Waals surface area contributed by atoms with Crippen LogP contribution in [0.25, 0.3) is 0 Å². The van der Waals surface area contributed by atoms with Crippen molar-refractivity contribution in [3.8, 4) is 0 Å². The quantitative estimate of drug-likeness (QED) is 0.804.